The van der Waals surface area contributed by atoms with Crippen LogP contribution in [0.25, 0.3) is 0 Å². The van der Waals surface area contributed by atoms with Crippen molar-refractivity contribution in [1.29, 1.82) is 0 Å². The quantitative estimate of drug-likeness (QED) is 0.611. The zero-order chi connectivity index (χ0) is 24.0. The topological polar surface area (TPSA) is 118 Å². The molecule has 11 heteroatoms. The minimum absolute atomic E-state index is 0.119. The first-order valence-electron chi connectivity index (χ1n) is 11.6. The van der Waals surface area contributed by atoms with Gasteiger partial charge in [0.25, 0.3) is 0 Å². The molecule has 2 aliphatic heterocycles. The number of rotatable bonds is 5. The average Bonchev–Trinajstić information content (AvgIpc) is 2.96. The highest BCUT2D eigenvalue weighted by Crippen LogP contribution is 2.48. The van der Waals surface area contributed by atoms with Crippen molar-refractivity contribution in [3.63, 3.8) is 0 Å². The number of nitrogens with zero attached hydrogens (tertiary/aromatic N) is 2. The number of nitrogen functional groups attached to an aromatic ring is 1. The van der Waals surface area contributed by atoms with Gasteiger partial charge in [0, 0.05) is 6.20 Å². The van der Waals surface area contributed by atoms with Gasteiger partial charge in [-0.1, -0.05) is 55.4 Å². The number of aliphatic hydroxyl groups excluding tert-OH is 1. The Morgan fingerprint density at radius 1 is 1.06 bits per heavy atom. The van der Waals surface area contributed by atoms with Crippen LogP contribution >= 0.6 is 0 Å². The number of aromatic nitrogens is 2. The van der Waals surface area contributed by atoms with E-state index in [9.17, 15) is 9.90 Å². The zero-order valence-corrected chi connectivity index (χ0v) is 22.4. The third-order valence-electron chi connectivity index (χ3n) is 6.77. The first-order chi connectivity index (χ1) is 14.9. The van der Waals surface area contributed by atoms with E-state index < -0.39 is 47.4 Å². The molecule has 9 nitrogen and oxygen atoms in total. The van der Waals surface area contributed by atoms with Crippen LogP contribution in [0, 0.1) is 0 Å². The molecule has 0 radical (unpaired) electrons. The van der Waals surface area contributed by atoms with E-state index in [0.717, 1.165) is 0 Å². The number of ether oxygens (including phenoxy) is 1. The number of hydrogen-bond acceptors (Lipinski definition) is 8. The minimum Gasteiger partial charge on any atom is -0.414 e. The van der Waals surface area contributed by atoms with Crippen LogP contribution in [0.5, 0.6) is 0 Å². The van der Waals surface area contributed by atoms with E-state index in [1.165, 1.54) is 16.8 Å². The lowest BCUT2D eigenvalue weighted by Crippen LogP contribution is -2.65. The van der Waals surface area contributed by atoms with Gasteiger partial charge in [-0.25, -0.2) is 4.79 Å². The van der Waals surface area contributed by atoms with Gasteiger partial charge in [-0.15, -0.1) is 0 Å². The summed E-state index contributed by atoms with van der Waals surface area (Å²) < 4.78 is 28.1. The fraction of sp³-hybridized carbons (Fsp3) is 0.810. The second kappa shape index (κ2) is 9.28. The van der Waals surface area contributed by atoms with Gasteiger partial charge in [-0.2, -0.15) is 4.98 Å². The van der Waals surface area contributed by atoms with E-state index in [1.54, 1.807) is 0 Å². The molecule has 0 saturated carbocycles. The molecule has 182 valence electrons. The highest BCUT2D eigenvalue weighted by atomic mass is 28.5. The number of aliphatic hydroxyl groups is 1. The molecule has 3 N–H and O–H groups in total. The molecule has 0 unspecified atom stereocenters. The summed E-state index contributed by atoms with van der Waals surface area (Å²) in [6.07, 6.45) is -1.73. The molecule has 0 aromatic carbocycles. The largest absolute Gasteiger partial charge is 0.414 e. The Morgan fingerprint density at radius 2 is 1.62 bits per heavy atom. The number of hydrogen-bond donors (Lipinski definition) is 2. The Kier molecular flexibility index (Phi) is 7.40. The van der Waals surface area contributed by atoms with Crippen LogP contribution in [0.1, 0.15) is 61.6 Å². The van der Waals surface area contributed by atoms with E-state index >= 15 is 0 Å². The first kappa shape index (κ1) is 25.5. The monoisotopic (exact) mass is 485 g/mol. The predicted octanol–water partition coefficient (Wildman–Crippen LogP) is 3.04. The van der Waals surface area contributed by atoms with Crippen molar-refractivity contribution in [2.75, 3.05) is 12.3 Å². The Labute approximate surface area is 192 Å². The fourth-order valence-corrected chi connectivity index (χ4v) is 16.2. The highest BCUT2D eigenvalue weighted by Gasteiger charge is 2.61. The molecule has 0 bridgehead atoms. The highest BCUT2D eigenvalue weighted by molar-refractivity contribution is 6.83. The van der Waals surface area contributed by atoms with Crippen molar-refractivity contribution in [2.24, 2.45) is 0 Å². The summed E-state index contributed by atoms with van der Waals surface area (Å²) in [6.45, 7) is 17.3. The molecule has 2 aliphatic rings. The normalized spacial score (nSPS) is 30.0. The SMILES string of the molecule is CC(C)[Si]1(C(C)C)OC[C@H]2O[C@@H](n3ccc(N)nc3=O)[C@H](O)[C@@H]2O[Si](C(C)C)(C(C)C)O1. The fourth-order valence-electron chi connectivity index (χ4n) is 4.99. The van der Waals surface area contributed by atoms with E-state index in [2.05, 4.69) is 60.4 Å². The molecule has 2 saturated heterocycles. The summed E-state index contributed by atoms with van der Waals surface area (Å²) in [5.41, 5.74) is 5.72. The molecular weight excluding hydrogens is 446 g/mol. The van der Waals surface area contributed by atoms with Crippen LogP contribution in [0.3, 0.4) is 0 Å². The van der Waals surface area contributed by atoms with Gasteiger partial charge >= 0.3 is 22.8 Å². The van der Waals surface area contributed by atoms with Crippen LogP contribution in [0.2, 0.25) is 22.2 Å². The lowest BCUT2D eigenvalue weighted by atomic mass is 10.1. The van der Waals surface area contributed by atoms with Crippen LogP contribution in [0.15, 0.2) is 17.1 Å². The van der Waals surface area contributed by atoms with Crippen molar-refractivity contribution in [2.45, 2.75) is 102 Å². The molecule has 4 atom stereocenters. The van der Waals surface area contributed by atoms with Gasteiger partial charge in [-0.05, 0) is 28.2 Å². The molecule has 1 aromatic heterocycles. The second-order valence-electron chi connectivity index (χ2n) is 10.2. The smallest absolute Gasteiger partial charge is 0.351 e. The van der Waals surface area contributed by atoms with E-state index in [0.29, 0.717) is 0 Å². The number of fused-ring (bicyclic) bond motifs is 1. The van der Waals surface area contributed by atoms with Gasteiger partial charge in [0.1, 0.15) is 24.1 Å². The van der Waals surface area contributed by atoms with Crippen LogP contribution in [0.4, 0.5) is 5.82 Å². The molecule has 1 aromatic rings. The number of nitrogens with two attached hydrogens (primary N) is 1. The maximum atomic E-state index is 12.4. The standard InChI is InChI=1S/C21H39N3O6Si2/c1-12(2)31(13(3)4)27-11-16-19(29-32(30-31,14(5)6)15(7)8)18(25)20(28-16)24-10-9-17(22)23-21(24)26/h9-10,12-16,18-20,25H,11H2,1-8H3,(H2,22,23,26)/t16-,18-,19-,20-/m1/s1. The summed E-state index contributed by atoms with van der Waals surface area (Å²) in [6, 6.07) is 1.51. The maximum absolute atomic E-state index is 12.4. The Balaban J connectivity index is 2.07. The third-order valence-corrected chi connectivity index (χ3v) is 17.0. The maximum Gasteiger partial charge on any atom is 0.351 e. The molecule has 0 spiro atoms. The van der Waals surface area contributed by atoms with E-state index in [1.807, 2.05) is 0 Å². The molecule has 32 heavy (non-hydrogen) atoms. The molecule has 3 heterocycles. The Bertz CT molecular complexity index is 846. The van der Waals surface area contributed by atoms with Crippen molar-refractivity contribution in [1.82, 2.24) is 9.55 Å². The van der Waals surface area contributed by atoms with Gasteiger partial charge in [0.2, 0.25) is 0 Å². The van der Waals surface area contributed by atoms with Gasteiger partial charge in [0.05, 0.1) is 6.61 Å². The minimum atomic E-state index is -2.89. The Morgan fingerprint density at radius 3 is 2.12 bits per heavy atom. The lowest BCUT2D eigenvalue weighted by Gasteiger charge is -2.51. The van der Waals surface area contributed by atoms with Crippen molar-refractivity contribution in [3.8, 4) is 0 Å². The third kappa shape index (κ3) is 4.24. The summed E-state index contributed by atoms with van der Waals surface area (Å²) in [5.74, 6) is 0.119. The van der Waals surface area contributed by atoms with Crippen LogP contribution in [-0.4, -0.2) is 56.7 Å². The van der Waals surface area contributed by atoms with Gasteiger partial charge < -0.3 is 28.5 Å². The number of anilines is 1. The van der Waals surface area contributed by atoms with Gasteiger partial charge in [0.15, 0.2) is 6.23 Å². The summed E-state index contributed by atoms with van der Waals surface area (Å²) >= 11 is 0. The molecule has 0 aliphatic carbocycles. The predicted molar refractivity (Wildman–Crippen MR) is 127 cm³/mol. The van der Waals surface area contributed by atoms with Crippen LogP contribution in [-0.2, 0) is 17.7 Å². The molecule has 0 amide bonds. The first-order valence-corrected chi connectivity index (χ1v) is 15.5. The Hall–Kier alpha value is -1.09. The summed E-state index contributed by atoms with van der Waals surface area (Å²) in [5, 5.41) is 11.2. The van der Waals surface area contributed by atoms with E-state index in [4.69, 9.17) is 23.4 Å². The summed E-state index contributed by atoms with van der Waals surface area (Å²) in [4.78, 5) is 16.2. The average molecular weight is 486 g/mol. The lowest BCUT2D eigenvalue weighted by molar-refractivity contribution is -0.0600. The van der Waals surface area contributed by atoms with Crippen LogP contribution < -0.4 is 11.4 Å². The van der Waals surface area contributed by atoms with Crippen molar-refractivity contribution in [3.05, 3.63) is 22.7 Å². The summed E-state index contributed by atoms with van der Waals surface area (Å²) in [7, 11) is -5.59. The molecule has 3 rings (SSSR count). The van der Waals surface area contributed by atoms with Gasteiger partial charge in [-0.3, -0.25) is 4.57 Å². The second-order valence-corrected chi connectivity index (χ2v) is 19.0. The molecular formula is C21H39N3O6Si2. The van der Waals surface area contributed by atoms with Crippen molar-refractivity contribution >= 4 is 22.9 Å². The molecule has 2 fully saturated rings. The van der Waals surface area contributed by atoms with E-state index in [-0.39, 0.29) is 34.6 Å². The van der Waals surface area contributed by atoms with Crippen molar-refractivity contribution < 1.29 is 22.8 Å². The zero-order valence-electron chi connectivity index (χ0n) is 20.4.